The molecule has 14 heavy (non-hydrogen) atoms. The second kappa shape index (κ2) is 8.21. The molecule has 0 bridgehead atoms. The number of hydrogen-bond donors (Lipinski definition) is 2. The highest BCUT2D eigenvalue weighted by molar-refractivity contribution is 6.43. The van der Waals surface area contributed by atoms with Crippen molar-refractivity contribution in [1.29, 1.82) is 0 Å². The highest BCUT2D eigenvalue weighted by Crippen LogP contribution is 1.94. The Morgan fingerprint density at radius 2 is 1.57 bits per heavy atom. The lowest BCUT2D eigenvalue weighted by molar-refractivity contribution is 0.412. The minimum absolute atomic E-state index is 0.400. The van der Waals surface area contributed by atoms with E-state index in [0.29, 0.717) is 17.9 Å². The van der Waals surface area contributed by atoms with Gasteiger partial charge in [-0.3, -0.25) is 0 Å². The first kappa shape index (κ1) is 13.9. The van der Waals surface area contributed by atoms with Crippen molar-refractivity contribution in [2.45, 2.75) is 58.4 Å². The minimum atomic E-state index is 0.400. The predicted molar refractivity (Wildman–Crippen MR) is 65.5 cm³/mol. The van der Waals surface area contributed by atoms with Gasteiger partial charge in [-0.1, -0.05) is 13.8 Å². The van der Waals surface area contributed by atoms with Crippen molar-refractivity contribution in [2.24, 2.45) is 0 Å². The van der Waals surface area contributed by atoms with Crippen LogP contribution in [0, 0.1) is 0 Å². The van der Waals surface area contributed by atoms with Crippen molar-refractivity contribution < 1.29 is 0 Å². The average molecular weight is 212 g/mol. The Hall–Kier alpha value is -0.123. The van der Waals surface area contributed by atoms with E-state index in [2.05, 4.69) is 44.9 Å². The van der Waals surface area contributed by atoms with Crippen molar-refractivity contribution >= 4 is 9.52 Å². The van der Waals surface area contributed by atoms with Gasteiger partial charge in [-0.2, -0.15) is 0 Å². The van der Waals surface area contributed by atoms with Crippen molar-refractivity contribution in [2.75, 3.05) is 0 Å². The molecule has 0 aliphatic carbocycles. The molecular weight excluding hydrogens is 188 g/mol. The first-order valence-corrected chi connectivity index (χ1v) is 6.68. The molecule has 2 radical (unpaired) electrons. The van der Waals surface area contributed by atoms with Gasteiger partial charge in [-0.05, 0) is 26.7 Å². The smallest absolute Gasteiger partial charge is 0.112 e. The lowest BCUT2D eigenvalue weighted by Gasteiger charge is -2.25. The fourth-order valence-electron chi connectivity index (χ4n) is 1.07. The fraction of sp³-hybridized carbons (Fsp3) is 0.818. The van der Waals surface area contributed by atoms with Gasteiger partial charge in [0.15, 0.2) is 0 Å². The first-order chi connectivity index (χ1) is 6.63. The summed E-state index contributed by atoms with van der Waals surface area (Å²) in [6.07, 6.45) is 2.33. The summed E-state index contributed by atoms with van der Waals surface area (Å²) in [5, 5.41) is 7.13. The Morgan fingerprint density at radius 1 is 1.14 bits per heavy atom. The number of nitrogens with one attached hydrogen (secondary N) is 2. The molecule has 0 aliphatic rings. The second-order valence-electron chi connectivity index (χ2n) is 3.76. The number of hydrogen-bond acceptors (Lipinski definition) is 2. The summed E-state index contributed by atoms with van der Waals surface area (Å²) in [6.45, 7) is 12.6. The van der Waals surface area contributed by atoms with E-state index in [9.17, 15) is 0 Å². The van der Waals surface area contributed by atoms with E-state index in [4.69, 9.17) is 0 Å². The average Bonchev–Trinajstić information content (AvgIpc) is 2.17. The molecule has 0 heterocycles. The van der Waals surface area contributed by atoms with E-state index in [1.807, 2.05) is 5.70 Å². The standard InChI is InChI=1S/C11H24N2Si/c1-6-9(4)12-11(14-8-3)13-10(5)7-2/h8-13H,3,6-7H2,1-2,4-5H3. The molecule has 0 aliphatic heterocycles. The molecule has 0 saturated carbocycles. The summed E-state index contributed by atoms with van der Waals surface area (Å²) in [7, 11) is 0.739. The zero-order valence-corrected chi connectivity index (χ0v) is 10.9. The van der Waals surface area contributed by atoms with Crippen molar-refractivity contribution in [3.8, 4) is 0 Å². The van der Waals surface area contributed by atoms with Crippen LogP contribution in [0.4, 0.5) is 0 Å². The van der Waals surface area contributed by atoms with Crippen LogP contribution in [0.5, 0.6) is 0 Å². The van der Waals surface area contributed by atoms with Crippen LogP contribution in [0.2, 0.25) is 0 Å². The first-order valence-electron chi connectivity index (χ1n) is 5.53. The third-order valence-electron chi connectivity index (χ3n) is 2.41. The zero-order valence-electron chi connectivity index (χ0n) is 9.93. The third-order valence-corrected chi connectivity index (χ3v) is 3.31. The maximum atomic E-state index is 3.80. The van der Waals surface area contributed by atoms with Crippen molar-refractivity contribution in [3.63, 3.8) is 0 Å². The Kier molecular flexibility index (Phi) is 8.13. The van der Waals surface area contributed by atoms with Gasteiger partial charge >= 0.3 is 0 Å². The van der Waals surface area contributed by atoms with Crippen LogP contribution in [-0.4, -0.2) is 27.4 Å². The zero-order chi connectivity index (χ0) is 11.0. The largest absolute Gasteiger partial charge is 0.302 e. The Balaban J connectivity index is 3.93. The molecule has 82 valence electrons. The molecule has 2 nitrogen and oxygen atoms in total. The van der Waals surface area contributed by atoms with Gasteiger partial charge in [0.2, 0.25) is 0 Å². The Bertz CT molecular complexity index is 138. The highest BCUT2D eigenvalue weighted by atomic mass is 28.2. The molecule has 2 unspecified atom stereocenters. The highest BCUT2D eigenvalue weighted by Gasteiger charge is 2.11. The van der Waals surface area contributed by atoms with E-state index in [1.165, 1.54) is 12.8 Å². The van der Waals surface area contributed by atoms with Gasteiger partial charge in [0.25, 0.3) is 0 Å². The Morgan fingerprint density at radius 3 is 1.86 bits per heavy atom. The van der Waals surface area contributed by atoms with Crippen LogP contribution < -0.4 is 10.6 Å². The molecule has 0 amide bonds. The van der Waals surface area contributed by atoms with Crippen LogP contribution >= 0.6 is 0 Å². The quantitative estimate of drug-likeness (QED) is 0.474. The summed E-state index contributed by atoms with van der Waals surface area (Å²) < 4.78 is 0. The molecule has 3 heteroatoms. The monoisotopic (exact) mass is 212 g/mol. The summed E-state index contributed by atoms with van der Waals surface area (Å²) in [5.74, 6) is 0.400. The van der Waals surface area contributed by atoms with Crippen LogP contribution in [0.15, 0.2) is 12.3 Å². The molecule has 2 N–H and O–H groups in total. The molecule has 0 rings (SSSR count). The maximum Gasteiger partial charge on any atom is 0.112 e. The normalized spacial score (nSPS) is 17.4. The van der Waals surface area contributed by atoms with Crippen molar-refractivity contribution in [3.05, 3.63) is 12.3 Å². The van der Waals surface area contributed by atoms with Gasteiger partial charge in [-0.15, -0.1) is 12.3 Å². The molecule has 0 spiro atoms. The third kappa shape index (κ3) is 6.35. The lowest BCUT2D eigenvalue weighted by atomic mass is 10.2. The van der Waals surface area contributed by atoms with Crippen LogP contribution in [0.3, 0.4) is 0 Å². The van der Waals surface area contributed by atoms with E-state index in [1.54, 1.807) is 0 Å². The van der Waals surface area contributed by atoms with E-state index in [-0.39, 0.29) is 0 Å². The molecule has 0 saturated heterocycles. The molecule has 2 atom stereocenters. The topological polar surface area (TPSA) is 24.1 Å². The number of rotatable bonds is 8. The minimum Gasteiger partial charge on any atom is -0.302 e. The maximum absolute atomic E-state index is 3.80. The molecular formula is C11H24N2Si. The van der Waals surface area contributed by atoms with Gasteiger partial charge in [0.05, 0.1) is 0 Å². The predicted octanol–water partition coefficient (Wildman–Crippen LogP) is 1.89. The molecule has 0 aromatic carbocycles. The van der Waals surface area contributed by atoms with Crippen LogP contribution in [0.1, 0.15) is 40.5 Å². The lowest BCUT2D eigenvalue weighted by Crippen LogP contribution is -2.52. The summed E-state index contributed by atoms with van der Waals surface area (Å²) in [5.41, 5.74) is 2.00. The summed E-state index contributed by atoms with van der Waals surface area (Å²) in [6, 6.07) is 1.15. The SMILES string of the molecule is C=C[Si]C(NC(C)CC)NC(C)CC. The summed E-state index contributed by atoms with van der Waals surface area (Å²) >= 11 is 0. The van der Waals surface area contributed by atoms with E-state index < -0.39 is 0 Å². The van der Waals surface area contributed by atoms with Gasteiger partial charge in [-0.25, -0.2) is 0 Å². The molecule has 0 fully saturated rings. The fourth-order valence-corrected chi connectivity index (χ4v) is 2.06. The molecule has 0 aromatic heterocycles. The van der Waals surface area contributed by atoms with Crippen LogP contribution in [-0.2, 0) is 0 Å². The van der Waals surface area contributed by atoms with E-state index >= 15 is 0 Å². The van der Waals surface area contributed by atoms with E-state index in [0.717, 1.165) is 9.52 Å². The van der Waals surface area contributed by atoms with Crippen molar-refractivity contribution in [1.82, 2.24) is 10.6 Å². The van der Waals surface area contributed by atoms with Crippen LogP contribution in [0.25, 0.3) is 0 Å². The summed E-state index contributed by atoms with van der Waals surface area (Å²) in [4.78, 5) is 0. The van der Waals surface area contributed by atoms with Gasteiger partial charge in [0.1, 0.15) is 9.52 Å². The van der Waals surface area contributed by atoms with Gasteiger partial charge < -0.3 is 10.6 Å². The Labute approximate surface area is 91.4 Å². The second-order valence-corrected chi connectivity index (χ2v) is 5.07. The molecule has 0 aromatic rings. The van der Waals surface area contributed by atoms with Gasteiger partial charge in [0, 0.05) is 17.9 Å².